The number of halogens is 1. The Morgan fingerprint density at radius 1 is 0.933 bits per heavy atom. The van der Waals surface area contributed by atoms with Crippen LogP contribution in [-0.2, 0) is 9.59 Å². The van der Waals surface area contributed by atoms with Crippen LogP contribution in [-0.4, -0.2) is 47.9 Å². The Kier molecular flexibility index (Phi) is 24.0. The van der Waals surface area contributed by atoms with Crippen LogP contribution in [0, 0.1) is 5.92 Å². The van der Waals surface area contributed by atoms with Gasteiger partial charge in [-0.05, 0) is 12.3 Å². The molecule has 7 nitrogen and oxygen atoms in total. The molecule has 2 amide bonds. The second kappa shape index (κ2) is 21.3. The van der Waals surface area contributed by atoms with Crippen molar-refractivity contribution in [1.29, 1.82) is 0 Å². The van der Waals surface area contributed by atoms with Gasteiger partial charge in [0.25, 0.3) is 5.91 Å². The zero-order valence-corrected chi connectivity index (χ0v) is 20.2. The van der Waals surface area contributed by atoms with E-state index in [4.69, 9.17) is 0 Å². The predicted octanol–water partition coefficient (Wildman–Crippen LogP) is -1.76. The second-order valence-electron chi connectivity index (χ2n) is 8.48. The summed E-state index contributed by atoms with van der Waals surface area (Å²) < 4.78 is 0. The van der Waals surface area contributed by atoms with Crippen molar-refractivity contribution in [3.05, 3.63) is 0 Å². The third-order valence-corrected chi connectivity index (χ3v) is 5.58. The quantitative estimate of drug-likeness (QED) is 0.253. The van der Waals surface area contributed by atoms with Gasteiger partial charge in [0.05, 0.1) is 6.54 Å². The maximum atomic E-state index is 12.5. The number of hydrogen-bond donors (Lipinski definition) is 3. The average molecular weight is 454 g/mol. The van der Waals surface area contributed by atoms with Crippen LogP contribution in [0.3, 0.4) is 0 Å². The molecule has 1 saturated heterocycles. The number of quaternary nitrogens is 1. The zero-order chi connectivity index (χ0) is 19.9. The molecular formula is C22H48ClN3O4. The molecule has 0 spiro atoms. The Morgan fingerprint density at radius 2 is 1.47 bits per heavy atom. The van der Waals surface area contributed by atoms with E-state index >= 15 is 0 Å². The molecule has 0 bridgehead atoms. The standard InChI is InChI=1S/C22H43N3O2.ClH.2H2O/c1-4-5-6-7-8-9-10-11-12-13-16-24-22(27)20(18(2)3)25-21(26)19-15-14-17-23-19;;;/h18-20,23H,4-17H2,1-3H3,(H,24,27)(H,25,26);1H;2*1H2/t19-,20-;;;/m0.../s1. The molecule has 0 radical (unpaired) electrons. The van der Waals surface area contributed by atoms with Gasteiger partial charge >= 0.3 is 0 Å². The van der Waals surface area contributed by atoms with Crippen molar-refractivity contribution in [2.75, 3.05) is 13.1 Å². The third kappa shape index (κ3) is 15.0. The molecule has 1 fully saturated rings. The van der Waals surface area contributed by atoms with Crippen molar-refractivity contribution in [3.63, 3.8) is 0 Å². The molecule has 0 aromatic carbocycles. The minimum absolute atomic E-state index is 0. The summed E-state index contributed by atoms with van der Waals surface area (Å²) in [6, 6.07) is -0.435. The number of hydrogen-bond acceptors (Lipinski definition) is 2. The van der Waals surface area contributed by atoms with Gasteiger partial charge in [0.2, 0.25) is 5.91 Å². The van der Waals surface area contributed by atoms with Gasteiger partial charge in [-0.2, -0.15) is 0 Å². The number of nitrogens with one attached hydrogen (secondary N) is 2. The highest BCUT2D eigenvalue weighted by atomic mass is 35.5. The van der Waals surface area contributed by atoms with Crippen LogP contribution in [0.4, 0.5) is 0 Å². The fraction of sp³-hybridized carbons (Fsp3) is 0.909. The molecule has 182 valence electrons. The van der Waals surface area contributed by atoms with Crippen molar-refractivity contribution < 1.29 is 38.3 Å². The fourth-order valence-corrected chi connectivity index (χ4v) is 3.74. The van der Waals surface area contributed by atoms with Gasteiger partial charge in [-0.3, -0.25) is 9.59 Å². The Labute approximate surface area is 189 Å². The van der Waals surface area contributed by atoms with Crippen LogP contribution in [0.2, 0.25) is 0 Å². The summed E-state index contributed by atoms with van der Waals surface area (Å²) in [5, 5.41) is 8.06. The van der Waals surface area contributed by atoms with Gasteiger partial charge in [-0.1, -0.05) is 78.6 Å². The van der Waals surface area contributed by atoms with E-state index in [2.05, 4.69) is 22.9 Å². The van der Waals surface area contributed by atoms with Crippen LogP contribution < -0.4 is 28.4 Å². The normalized spacial score (nSPS) is 16.1. The minimum atomic E-state index is -0.422. The number of nitrogens with two attached hydrogens (primary N) is 1. The second-order valence-corrected chi connectivity index (χ2v) is 8.48. The summed E-state index contributed by atoms with van der Waals surface area (Å²) in [5.74, 6) is 0.0793. The Bertz CT molecular complexity index is 419. The molecular weight excluding hydrogens is 406 g/mol. The van der Waals surface area contributed by atoms with Crippen molar-refractivity contribution in [2.24, 2.45) is 5.92 Å². The van der Waals surface area contributed by atoms with Gasteiger partial charge in [0, 0.05) is 19.4 Å². The molecule has 0 unspecified atom stereocenters. The first-order valence-electron chi connectivity index (χ1n) is 11.5. The van der Waals surface area contributed by atoms with E-state index in [9.17, 15) is 9.59 Å². The van der Waals surface area contributed by atoms with Crippen LogP contribution >= 0.6 is 0 Å². The first kappa shape index (κ1) is 33.7. The van der Waals surface area contributed by atoms with Gasteiger partial charge in [0.1, 0.15) is 6.04 Å². The molecule has 1 rings (SSSR count). The summed E-state index contributed by atoms with van der Waals surface area (Å²) in [5.41, 5.74) is 0. The molecule has 1 heterocycles. The Hall–Kier alpha value is -0.890. The van der Waals surface area contributed by atoms with Gasteiger partial charge in [-0.25, -0.2) is 0 Å². The van der Waals surface area contributed by atoms with E-state index in [1.807, 2.05) is 13.8 Å². The maximum Gasteiger partial charge on any atom is 0.278 e. The van der Waals surface area contributed by atoms with E-state index in [1.165, 1.54) is 57.8 Å². The van der Waals surface area contributed by atoms with Crippen LogP contribution in [0.1, 0.15) is 97.8 Å². The molecule has 1 aliphatic heterocycles. The number of carbonyl (C=O) groups excluding carboxylic acids is 2. The summed E-state index contributed by atoms with van der Waals surface area (Å²) in [4.78, 5) is 24.8. The SMILES string of the molecule is CCCCCCCCCCCCNC(=O)[C@@H](NC(=O)[C@@H]1CCC[NH2+]1)C(C)C.O.O.[Cl-]. The van der Waals surface area contributed by atoms with Crippen molar-refractivity contribution >= 4 is 11.8 Å². The predicted molar refractivity (Wildman–Crippen MR) is 119 cm³/mol. The lowest BCUT2D eigenvalue weighted by molar-refractivity contribution is -0.657. The summed E-state index contributed by atoms with van der Waals surface area (Å²) in [6.07, 6.45) is 14.9. The fourth-order valence-electron chi connectivity index (χ4n) is 3.74. The third-order valence-electron chi connectivity index (χ3n) is 5.58. The summed E-state index contributed by atoms with van der Waals surface area (Å²) in [7, 11) is 0. The van der Waals surface area contributed by atoms with Crippen molar-refractivity contribution in [1.82, 2.24) is 10.6 Å². The van der Waals surface area contributed by atoms with E-state index in [-0.39, 0.29) is 47.1 Å². The zero-order valence-electron chi connectivity index (χ0n) is 19.4. The molecule has 0 saturated carbocycles. The van der Waals surface area contributed by atoms with Crippen LogP contribution in [0.5, 0.6) is 0 Å². The molecule has 0 aromatic rings. The lowest BCUT2D eigenvalue weighted by atomic mass is 10.0. The first-order chi connectivity index (χ1) is 13.1. The summed E-state index contributed by atoms with van der Waals surface area (Å²) in [6.45, 7) is 7.95. The van der Waals surface area contributed by atoms with Crippen molar-refractivity contribution in [3.8, 4) is 0 Å². The van der Waals surface area contributed by atoms with E-state index in [0.717, 1.165) is 25.8 Å². The number of rotatable bonds is 15. The number of carbonyl (C=O) groups is 2. The average Bonchev–Trinajstić information content (AvgIpc) is 3.18. The molecule has 0 aliphatic carbocycles. The minimum Gasteiger partial charge on any atom is -1.00 e. The smallest absolute Gasteiger partial charge is 0.278 e. The molecule has 8 heteroatoms. The number of amides is 2. The Balaban J connectivity index is -0.00000243. The van der Waals surface area contributed by atoms with Crippen LogP contribution in [0.15, 0.2) is 0 Å². The van der Waals surface area contributed by atoms with Gasteiger partial charge < -0.3 is 39.3 Å². The highest BCUT2D eigenvalue weighted by molar-refractivity contribution is 5.89. The maximum absolute atomic E-state index is 12.5. The molecule has 0 aromatic heterocycles. The molecule has 30 heavy (non-hydrogen) atoms. The summed E-state index contributed by atoms with van der Waals surface area (Å²) >= 11 is 0. The van der Waals surface area contributed by atoms with Crippen LogP contribution in [0.25, 0.3) is 0 Å². The lowest BCUT2D eigenvalue weighted by Gasteiger charge is -2.22. The topological polar surface area (TPSA) is 138 Å². The largest absolute Gasteiger partial charge is 1.00 e. The van der Waals surface area contributed by atoms with Crippen molar-refractivity contribution in [2.45, 2.75) is 110 Å². The van der Waals surface area contributed by atoms with Gasteiger partial charge in [0.15, 0.2) is 6.04 Å². The Morgan fingerprint density at radius 3 is 1.93 bits per heavy atom. The van der Waals surface area contributed by atoms with Gasteiger partial charge in [-0.15, -0.1) is 0 Å². The van der Waals surface area contributed by atoms with E-state index < -0.39 is 6.04 Å². The highest BCUT2D eigenvalue weighted by Gasteiger charge is 2.31. The lowest BCUT2D eigenvalue weighted by Crippen LogP contribution is -3.00. The van der Waals surface area contributed by atoms with E-state index in [1.54, 1.807) is 0 Å². The molecule has 8 N–H and O–H groups in total. The highest BCUT2D eigenvalue weighted by Crippen LogP contribution is 2.10. The number of unbranched alkanes of at least 4 members (excludes halogenated alkanes) is 9. The monoisotopic (exact) mass is 453 g/mol. The first-order valence-corrected chi connectivity index (χ1v) is 11.5. The molecule has 2 atom stereocenters. The van der Waals surface area contributed by atoms with E-state index in [0.29, 0.717) is 6.54 Å². The molecule has 1 aliphatic rings.